The second kappa shape index (κ2) is 8.68. The molecule has 3 aromatic carbocycles. The van der Waals surface area contributed by atoms with E-state index in [1.54, 1.807) is 0 Å². The molecule has 6 rings (SSSR count). The normalized spacial score (nSPS) is 12.6. The number of nitrogens with one attached hydrogen (secondary N) is 1. The Hall–Kier alpha value is -4.52. The lowest BCUT2D eigenvalue weighted by Crippen LogP contribution is -2.26. The number of fused-ring (bicyclic) bond motifs is 1. The average molecular weight is 462 g/mol. The fraction of sp³-hybridized carbons (Fsp3) is 0.143. The summed E-state index contributed by atoms with van der Waals surface area (Å²) in [4.78, 5) is 13.6. The maximum atomic E-state index is 13.6. The van der Waals surface area contributed by atoms with Crippen LogP contribution in [0, 0.1) is 0 Å². The molecule has 1 aliphatic carbocycles. The molecule has 0 spiro atoms. The first-order valence-electron chi connectivity index (χ1n) is 11.7. The van der Waals surface area contributed by atoms with Gasteiger partial charge < -0.3 is 9.67 Å². The molecule has 172 valence electrons. The number of aromatic amines is 1. The third kappa shape index (κ3) is 3.71. The van der Waals surface area contributed by atoms with E-state index in [4.69, 9.17) is 0 Å². The molecule has 0 amide bonds. The Morgan fingerprint density at radius 2 is 1.60 bits per heavy atom. The zero-order valence-electron chi connectivity index (χ0n) is 19.0. The van der Waals surface area contributed by atoms with Crippen molar-refractivity contribution in [3.63, 3.8) is 0 Å². The second-order valence-corrected chi connectivity index (χ2v) is 8.74. The summed E-state index contributed by atoms with van der Waals surface area (Å²) in [6.07, 6.45) is 2.52. The lowest BCUT2D eigenvalue weighted by Gasteiger charge is -2.17. The van der Waals surface area contributed by atoms with Crippen molar-refractivity contribution in [2.45, 2.75) is 25.8 Å². The van der Waals surface area contributed by atoms with E-state index < -0.39 is 0 Å². The molecule has 2 N–H and O–H groups in total. The minimum atomic E-state index is -0.152. The van der Waals surface area contributed by atoms with Gasteiger partial charge in [-0.2, -0.15) is 5.21 Å². The van der Waals surface area contributed by atoms with E-state index in [0.717, 1.165) is 58.3 Å². The molecule has 0 atom stereocenters. The number of hydrogen-bond acceptors (Lipinski definition) is 5. The largest absolute Gasteiger partial charge is 0.507 e. The molecule has 7 nitrogen and oxygen atoms in total. The van der Waals surface area contributed by atoms with Crippen molar-refractivity contribution in [2.75, 3.05) is 0 Å². The molecule has 1 aliphatic rings. The Bertz CT molecular complexity index is 1560. The van der Waals surface area contributed by atoms with Gasteiger partial charge in [0, 0.05) is 16.8 Å². The summed E-state index contributed by atoms with van der Waals surface area (Å²) in [6, 6.07) is 25.6. The molecular weight excluding hydrogens is 438 g/mol. The third-order valence-corrected chi connectivity index (χ3v) is 6.68. The predicted octanol–water partition coefficient (Wildman–Crippen LogP) is 4.61. The van der Waals surface area contributed by atoms with Crippen LogP contribution in [0.1, 0.15) is 23.2 Å². The molecule has 0 saturated carbocycles. The van der Waals surface area contributed by atoms with Crippen LogP contribution in [-0.4, -0.2) is 30.3 Å². The van der Waals surface area contributed by atoms with E-state index in [1.165, 1.54) is 0 Å². The lowest BCUT2D eigenvalue weighted by molar-refractivity contribution is 0.467. The molecule has 0 bridgehead atoms. The maximum absolute atomic E-state index is 13.6. The van der Waals surface area contributed by atoms with Gasteiger partial charge in [0.2, 0.25) is 5.82 Å². The molecular formula is C28H23N5O2. The van der Waals surface area contributed by atoms with Crippen molar-refractivity contribution in [2.24, 2.45) is 0 Å². The number of rotatable bonds is 5. The van der Waals surface area contributed by atoms with Crippen molar-refractivity contribution in [3.8, 4) is 39.4 Å². The van der Waals surface area contributed by atoms with Crippen LogP contribution in [0.3, 0.4) is 0 Å². The predicted molar refractivity (Wildman–Crippen MR) is 134 cm³/mol. The van der Waals surface area contributed by atoms with Crippen LogP contribution in [0.5, 0.6) is 5.75 Å². The first-order valence-corrected chi connectivity index (χ1v) is 11.7. The van der Waals surface area contributed by atoms with Gasteiger partial charge in [0.15, 0.2) is 0 Å². The Morgan fingerprint density at radius 3 is 2.34 bits per heavy atom. The van der Waals surface area contributed by atoms with Gasteiger partial charge in [-0.15, -0.1) is 10.2 Å². The lowest BCUT2D eigenvalue weighted by atomic mass is 9.98. The van der Waals surface area contributed by atoms with Gasteiger partial charge in [-0.1, -0.05) is 78.9 Å². The van der Waals surface area contributed by atoms with Gasteiger partial charge in [-0.25, -0.2) is 0 Å². The number of nitrogens with zero attached hydrogens (tertiary/aromatic N) is 4. The monoisotopic (exact) mass is 461 g/mol. The molecule has 0 saturated heterocycles. The number of aromatic hydroxyl groups is 1. The van der Waals surface area contributed by atoms with Gasteiger partial charge >= 0.3 is 0 Å². The van der Waals surface area contributed by atoms with Gasteiger partial charge in [0.25, 0.3) is 5.56 Å². The van der Waals surface area contributed by atoms with Crippen LogP contribution in [0.25, 0.3) is 33.6 Å². The number of pyridine rings is 1. The second-order valence-electron chi connectivity index (χ2n) is 8.74. The molecule has 35 heavy (non-hydrogen) atoms. The Labute approximate surface area is 201 Å². The van der Waals surface area contributed by atoms with Gasteiger partial charge in [-0.3, -0.25) is 4.79 Å². The highest BCUT2D eigenvalue weighted by Crippen LogP contribution is 2.36. The van der Waals surface area contributed by atoms with E-state index in [2.05, 4.69) is 32.8 Å². The summed E-state index contributed by atoms with van der Waals surface area (Å²) in [7, 11) is 0. The summed E-state index contributed by atoms with van der Waals surface area (Å²) in [6.45, 7) is 0.452. The van der Waals surface area contributed by atoms with Crippen LogP contribution in [0.15, 0.2) is 83.7 Å². The Balaban J connectivity index is 1.39. The zero-order chi connectivity index (χ0) is 23.8. The number of benzene rings is 3. The topological polar surface area (TPSA) is 96.7 Å². The number of aromatic nitrogens is 5. The molecule has 0 fully saturated rings. The van der Waals surface area contributed by atoms with E-state index in [-0.39, 0.29) is 11.3 Å². The van der Waals surface area contributed by atoms with Crippen molar-refractivity contribution in [1.82, 2.24) is 25.2 Å². The molecule has 0 unspecified atom stereocenters. The fourth-order valence-electron chi connectivity index (χ4n) is 5.00. The third-order valence-electron chi connectivity index (χ3n) is 6.68. The van der Waals surface area contributed by atoms with Crippen molar-refractivity contribution < 1.29 is 5.11 Å². The standard InChI is InChI=1S/C28H23N5O2/c34-26-23-11-6-12-24(23)33(28(35)25(26)20-7-2-1-3-8-20)17-18-13-15-19(16-14-18)21-9-4-5-10-22(21)27-29-31-32-30-27/h1-5,7-10,13-16,34H,6,11-12,17H2,(H,29,30,31,32). The maximum Gasteiger partial charge on any atom is 0.262 e. The summed E-state index contributed by atoms with van der Waals surface area (Å²) >= 11 is 0. The summed E-state index contributed by atoms with van der Waals surface area (Å²) < 4.78 is 1.84. The summed E-state index contributed by atoms with van der Waals surface area (Å²) in [5.41, 5.74) is 6.77. The molecule has 2 heterocycles. The van der Waals surface area contributed by atoms with E-state index in [0.29, 0.717) is 17.9 Å². The molecule has 0 aliphatic heterocycles. The number of tetrazole rings is 1. The highest BCUT2D eigenvalue weighted by molar-refractivity contribution is 5.80. The van der Waals surface area contributed by atoms with Gasteiger partial charge in [0.05, 0.1) is 12.1 Å². The minimum Gasteiger partial charge on any atom is -0.507 e. The first-order chi connectivity index (χ1) is 17.2. The molecule has 7 heteroatoms. The average Bonchev–Trinajstić information content (AvgIpc) is 3.61. The van der Waals surface area contributed by atoms with Crippen LogP contribution in [0.2, 0.25) is 0 Å². The van der Waals surface area contributed by atoms with Crippen LogP contribution in [0.4, 0.5) is 0 Å². The molecule has 5 aromatic rings. The highest BCUT2D eigenvalue weighted by atomic mass is 16.3. The van der Waals surface area contributed by atoms with E-state index in [9.17, 15) is 9.90 Å². The van der Waals surface area contributed by atoms with Crippen molar-refractivity contribution in [3.05, 3.63) is 106 Å². The van der Waals surface area contributed by atoms with E-state index >= 15 is 0 Å². The first kappa shape index (κ1) is 21.0. The minimum absolute atomic E-state index is 0.137. The smallest absolute Gasteiger partial charge is 0.262 e. The number of hydrogen-bond donors (Lipinski definition) is 2. The SMILES string of the molecule is O=c1c(-c2ccccc2)c(O)c2c(n1Cc1ccc(-c3ccccc3-c3nn[nH]n3)cc1)CCC2. The Morgan fingerprint density at radius 1 is 0.857 bits per heavy atom. The van der Waals surface area contributed by atoms with E-state index in [1.807, 2.05) is 71.3 Å². The quantitative estimate of drug-likeness (QED) is 0.399. The van der Waals surface area contributed by atoms with Crippen molar-refractivity contribution >= 4 is 0 Å². The number of H-pyrrole nitrogens is 1. The zero-order valence-corrected chi connectivity index (χ0v) is 19.0. The highest BCUT2D eigenvalue weighted by Gasteiger charge is 2.25. The van der Waals surface area contributed by atoms with Gasteiger partial charge in [0.1, 0.15) is 5.75 Å². The van der Waals surface area contributed by atoms with Crippen LogP contribution >= 0.6 is 0 Å². The summed E-state index contributed by atoms with van der Waals surface area (Å²) in [5.74, 6) is 0.683. The Kier molecular flexibility index (Phi) is 5.22. The van der Waals surface area contributed by atoms with Crippen molar-refractivity contribution in [1.29, 1.82) is 0 Å². The molecule has 2 aromatic heterocycles. The summed E-state index contributed by atoms with van der Waals surface area (Å²) in [5, 5.41) is 25.4. The molecule has 0 radical (unpaired) electrons. The van der Waals surface area contributed by atoms with Crippen LogP contribution < -0.4 is 5.56 Å². The van der Waals surface area contributed by atoms with Crippen LogP contribution in [-0.2, 0) is 19.4 Å². The fourth-order valence-corrected chi connectivity index (χ4v) is 5.00. The van der Waals surface area contributed by atoms with Gasteiger partial charge in [-0.05, 0) is 46.7 Å².